The Kier molecular flexibility index (Phi) is 9.42. The van der Waals surface area contributed by atoms with Crippen molar-refractivity contribution in [3.63, 3.8) is 0 Å². The zero-order valence-corrected chi connectivity index (χ0v) is 26.3. The van der Waals surface area contributed by atoms with Gasteiger partial charge in [0.15, 0.2) is 5.95 Å². The molecule has 1 atom stereocenters. The predicted molar refractivity (Wildman–Crippen MR) is 172 cm³/mol. The van der Waals surface area contributed by atoms with Crippen molar-refractivity contribution in [3.8, 4) is 11.6 Å². The van der Waals surface area contributed by atoms with Crippen LogP contribution in [0.15, 0.2) is 36.9 Å². The summed E-state index contributed by atoms with van der Waals surface area (Å²) in [7, 11) is 5.83. The van der Waals surface area contributed by atoms with Gasteiger partial charge in [-0.25, -0.2) is 15.0 Å². The number of anilines is 3. The summed E-state index contributed by atoms with van der Waals surface area (Å²) in [5.41, 5.74) is 4.47. The highest BCUT2D eigenvalue weighted by molar-refractivity contribution is 5.87. The van der Waals surface area contributed by atoms with Gasteiger partial charge in [-0.2, -0.15) is 4.98 Å². The van der Waals surface area contributed by atoms with E-state index >= 15 is 0 Å². The molecule has 0 spiro atoms. The summed E-state index contributed by atoms with van der Waals surface area (Å²) in [6, 6.07) is 4.21. The van der Waals surface area contributed by atoms with Crippen molar-refractivity contribution in [2.24, 2.45) is 7.05 Å². The van der Waals surface area contributed by atoms with Crippen molar-refractivity contribution in [1.29, 1.82) is 0 Å². The molecule has 2 aliphatic rings. The predicted octanol–water partition coefficient (Wildman–Crippen LogP) is 3.90. The number of ether oxygens (including phenoxy) is 3. The fourth-order valence-corrected chi connectivity index (χ4v) is 5.87. The molecule has 1 saturated heterocycles. The number of imidazole rings is 1. The molecular formula is C31H41N10O4-. The zero-order chi connectivity index (χ0) is 31.3. The number of hydrogen-bond acceptors (Lipinski definition) is 13. The van der Waals surface area contributed by atoms with Crippen LogP contribution in [-0.2, 0) is 18.3 Å². The lowest BCUT2D eigenvalue weighted by Gasteiger charge is -2.31. The van der Waals surface area contributed by atoms with Gasteiger partial charge in [0.05, 0.1) is 42.2 Å². The van der Waals surface area contributed by atoms with E-state index in [-0.39, 0.29) is 24.2 Å². The molecule has 14 nitrogen and oxygen atoms in total. The highest BCUT2D eigenvalue weighted by Crippen LogP contribution is 2.34. The maximum Gasteiger partial charge on any atom is 0.225 e. The van der Waals surface area contributed by atoms with E-state index in [2.05, 4.69) is 30.1 Å². The van der Waals surface area contributed by atoms with Gasteiger partial charge in [0.2, 0.25) is 11.8 Å². The van der Waals surface area contributed by atoms with Crippen LogP contribution < -0.4 is 25.2 Å². The number of morpholine rings is 1. The monoisotopic (exact) mass is 617 g/mol. The van der Waals surface area contributed by atoms with Crippen molar-refractivity contribution in [2.45, 2.75) is 57.4 Å². The first kappa shape index (κ1) is 30.7. The molecule has 45 heavy (non-hydrogen) atoms. The van der Waals surface area contributed by atoms with E-state index in [4.69, 9.17) is 24.2 Å². The average Bonchev–Trinajstić information content (AvgIpc) is 3.43. The lowest BCUT2D eigenvalue weighted by Crippen LogP contribution is -2.37. The van der Waals surface area contributed by atoms with E-state index < -0.39 is 0 Å². The minimum Gasteiger partial charge on any atom is -0.759 e. The zero-order valence-electron chi connectivity index (χ0n) is 26.3. The molecule has 0 radical (unpaired) electrons. The number of rotatable bonds is 11. The van der Waals surface area contributed by atoms with Crippen molar-refractivity contribution in [1.82, 2.24) is 34.4 Å². The second-order valence-electron chi connectivity index (χ2n) is 11.9. The molecule has 0 amide bonds. The molecule has 1 unspecified atom stereocenters. The van der Waals surface area contributed by atoms with Crippen molar-refractivity contribution in [3.05, 3.63) is 53.4 Å². The SMILES string of the molecule is CC(Oc1cnc2cc(N3CCOCC3)nc(OC3CCC(Nc4ncc(CN(C)C)cn4)CC3)c2c1)c1cnc(N[O-])n1C. The number of fused-ring (bicyclic) bond motifs is 1. The second-order valence-corrected chi connectivity index (χ2v) is 11.9. The Balaban J connectivity index is 1.17. The maximum atomic E-state index is 11.2. The second kappa shape index (κ2) is 13.8. The number of nitrogens with one attached hydrogen (secondary N) is 2. The summed E-state index contributed by atoms with van der Waals surface area (Å²) >= 11 is 0. The summed E-state index contributed by atoms with van der Waals surface area (Å²) in [5.74, 6) is 2.83. The number of aromatic nitrogens is 6. The van der Waals surface area contributed by atoms with Crippen molar-refractivity contribution >= 4 is 28.6 Å². The van der Waals surface area contributed by atoms with E-state index in [1.54, 1.807) is 24.0 Å². The fraction of sp³-hybridized carbons (Fsp3) is 0.516. The summed E-state index contributed by atoms with van der Waals surface area (Å²) < 4.78 is 20.1. The Bertz CT molecular complexity index is 1570. The summed E-state index contributed by atoms with van der Waals surface area (Å²) in [4.78, 5) is 27.2. The normalized spacial score (nSPS) is 19.5. The quantitative estimate of drug-likeness (QED) is 0.234. The molecule has 5 heterocycles. The lowest BCUT2D eigenvalue weighted by molar-refractivity contribution is 0.122. The first-order chi connectivity index (χ1) is 21.9. The van der Waals surface area contributed by atoms with Gasteiger partial charge >= 0.3 is 0 Å². The Morgan fingerprint density at radius 1 is 1.02 bits per heavy atom. The van der Waals surface area contributed by atoms with Gasteiger partial charge in [-0.1, -0.05) is 0 Å². The van der Waals surface area contributed by atoms with Crippen LogP contribution in [0.2, 0.25) is 0 Å². The van der Waals surface area contributed by atoms with Gasteiger partial charge < -0.3 is 44.6 Å². The largest absolute Gasteiger partial charge is 0.759 e. The number of nitrogens with zero attached hydrogens (tertiary/aromatic N) is 8. The average molecular weight is 618 g/mol. The van der Waals surface area contributed by atoms with E-state index in [9.17, 15) is 5.21 Å². The third-order valence-electron chi connectivity index (χ3n) is 8.28. The molecule has 14 heteroatoms. The third kappa shape index (κ3) is 7.35. The summed E-state index contributed by atoms with van der Waals surface area (Å²) in [6.07, 6.45) is 10.4. The molecule has 0 bridgehead atoms. The van der Waals surface area contributed by atoms with Crippen LogP contribution in [0.3, 0.4) is 0 Å². The molecule has 4 aromatic rings. The highest BCUT2D eigenvalue weighted by Gasteiger charge is 2.25. The molecule has 6 rings (SSSR count). The van der Waals surface area contributed by atoms with Crippen LogP contribution in [0.25, 0.3) is 10.9 Å². The Morgan fingerprint density at radius 3 is 2.47 bits per heavy atom. The van der Waals surface area contributed by atoms with Gasteiger partial charge in [-0.3, -0.25) is 4.98 Å². The molecule has 1 aliphatic heterocycles. The van der Waals surface area contributed by atoms with Crippen LogP contribution in [0.5, 0.6) is 11.6 Å². The van der Waals surface area contributed by atoms with Crippen LogP contribution in [0.4, 0.5) is 17.7 Å². The molecule has 1 saturated carbocycles. The topological polar surface area (TPSA) is 151 Å². The minimum absolute atomic E-state index is 0.0121. The van der Waals surface area contributed by atoms with Crippen LogP contribution in [-0.4, -0.2) is 86.9 Å². The fourth-order valence-electron chi connectivity index (χ4n) is 5.87. The van der Waals surface area contributed by atoms with Gasteiger partial charge in [-0.05, 0) is 52.8 Å². The van der Waals surface area contributed by atoms with Gasteiger partial charge in [0, 0.05) is 56.7 Å². The van der Waals surface area contributed by atoms with Crippen molar-refractivity contribution < 1.29 is 14.2 Å². The van der Waals surface area contributed by atoms with Crippen LogP contribution in [0, 0.1) is 5.21 Å². The summed E-state index contributed by atoms with van der Waals surface area (Å²) in [5, 5.41) is 15.4. The Hall–Kier alpha value is -4.27. The molecular weight excluding hydrogens is 576 g/mol. The molecule has 240 valence electrons. The van der Waals surface area contributed by atoms with Crippen molar-refractivity contribution in [2.75, 3.05) is 56.1 Å². The molecule has 2 N–H and O–H groups in total. The standard InChI is InChI=1S/C31H41N10O4/c1-20(27-18-35-31(38-42)40(27)4)44-24-13-25-26(32-17-24)14-28(41-9-11-43-12-10-41)37-29(25)45-23-7-5-22(6-8-23)36-30-33-15-21(16-34-30)19-39(2)3/h13-18,20,22-23H,5-12,19H2,1-4H3,(H2-,33,34,35,36,38,42)/q-1. The van der Waals surface area contributed by atoms with Gasteiger partial charge in [0.1, 0.15) is 23.8 Å². The van der Waals surface area contributed by atoms with E-state index in [1.165, 1.54) is 0 Å². The first-order valence-electron chi connectivity index (χ1n) is 15.4. The third-order valence-corrected chi connectivity index (χ3v) is 8.28. The number of pyridine rings is 2. The Labute approximate surface area is 262 Å². The van der Waals surface area contributed by atoms with Gasteiger partial charge in [-0.15, -0.1) is 0 Å². The minimum atomic E-state index is -0.371. The molecule has 0 aromatic carbocycles. The molecule has 4 aromatic heterocycles. The van der Waals surface area contributed by atoms with E-state index in [0.29, 0.717) is 30.8 Å². The van der Waals surface area contributed by atoms with E-state index in [0.717, 1.165) is 73.3 Å². The van der Waals surface area contributed by atoms with Crippen LogP contribution in [0.1, 0.15) is 50.0 Å². The maximum absolute atomic E-state index is 11.2. The number of hydrogen-bond donors (Lipinski definition) is 2. The molecule has 2 fully saturated rings. The first-order valence-corrected chi connectivity index (χ1v) is 15.4. The highest BCUT2D eigenvalue weighted by atomic mass is 16.5. The van der Waals surface area contributed by atoms with Gasteiger partial charge in [0.25, 0.3) is 0 Å². The summed E-state index contributed by atoms with van der Waals surface area (Å²) in [6.45, 7) is 5.55. The molecule has 1 aliphatic carbocycles. The lowest BCUT2D eigenvalue weighted by atomic mass is 9.93. The Morgan fingerprint density at radius 2 is 1.78 bits per heavy atom. The smallest absolute Gasteiger partial charge is 0.225 e. The van der Waals surface area contributed by atoms with E-state index in [1.807, 2.05) is 51.0 Å². The van der Waals surface area contributed by atoms with Crippen LogP contribution >= 0.6 is 0 Å².